The molecular formula is C18H26BrN5O4. The highest BCUT2D eigenvalue weighted by Gasteiger charge is 2.27. The Hall–Kier alpha value is -2.33. The molecule has 0 aliphatic carbocycles. The number of nitrogens with zero attached hydrogens (tertiary/aromatic N) is 3. The minimum absolute atomic E-state index is 0.0275. The quantitative estimate of drug-likeness (QED) is 0.597. The third kappa shape index (κ3) is 4.56. The summed E-state index contributed by atoms with van der Waals surface area (Å²) in [6.07, 6.45) is 3.36. The number of hydrogen-bond donors (Lipinski definition) is 2. The van der Waals surface area contributed by atoms with Gasteiger partial charge in [-0.3, -0.25) is 24.0 Å². The molecule has 9 nitrogen and oxygen atoms in total. The molecule has 0 saturated carbocycles. The third-order valence-corrected chi connectivity index (χ3v) is 4.84. The molecule has 3 N–H and O–H groups in total. The summed E-state index contributed by atoms with van der Waals surface area (Å²) in [6, 6.07) is 1.68. The summed E-state index contributed by atoms with van der Waals surface area (Å²) in [5.74, 6) is -0.428. The second-order valence-corrected chi connectivity index (χ2v) is 7.19. The first-order valence-corrected chi connectivity index (χ1v) is 9.94. The molecule has 154 valence electrons. The van der Waals surface area contributed by atoms with E-state index >= 15 is 0 Å². The molecule has 0 aromatic carbocycles. The predicted molar refractivity (Wildman–Crippen MR) is 112 cm³/mol. The molecule has 0 unspecified atom stereocenters. The number of nitrogens with one attached hydrogen (secondary N) is 1. The fourth-order valence-corrected chi connectivity index (χ4v) is 3.39. The summed E-state index contributed by atoms with van der Waals surface area (Å²) in [6.45, 7) is 5.14. The van der Waals surface area contributed by atoms with E-state index in [2.05, 4.69) is 20.9 Å². The minimum Gasteiger partial charge on any atom is -0.383 e. The normalized spacial score (nSPS) is 11.0. The Morgan fingerprint density at radius 3 is 2.68 bits per heavy atom. The molecule has 2 heterocycles. The van der Waals surface area contributed by atoms with Gasteiger partial charge in [-0.25, -0.2) is 4.79 Å². The molecule has 2 rings (SSSR count). The second kappa shape index (κ2) is 9.74. The van der Waals surface area contributed by atoms with Crippen molar-refractivity contribution in [2.45, 2.75) is 39.8 Å². The number of anilines is 2. The van der Waals surface area contributed by atoms with E-state index in [-0.39, 0.29) is 24.7 Å². The average Bonchev–Trinajstić information content (AvgIpc) is 3.04. The zero-order valence-corrected chi connectivity index (χ0v) is 17.9. The smallest absolute Gasteiger partial charge is 0.330 e. The molecule has 2 aromatic rings. The highest BCUT2D eigenvalue weighted by Crippen LogP contribution is 2.22. The topological polar surface area (TPSA) is 115 Å². The van der Waals surface area contributed by atoms with Gasteiger partial charge in [-0.15, -0.1) is 0 Å². The molecule has 0 spiro atoms. The molecule has 2 aromatic heterocycles. The fraction of sp³-hybridized carbons (Fsp3) is 0.500. The van der Waals surface area contributed by atoms with Gasteiger partial charge in [0.25, 0.3) is 11.5 Å². The number of carbonyl (C=O) groups is 1. The van der Waals surface area contributed by atoms with Gasteiger partial charge in [0, 0.05) is 37.4 Å². The number of aryl methyl sites for hydroxylation is 1. The van der Waals surface area contributed by atoms with Crippen LogP contribution in [0.5, 0.6) is 0 Å². The Bertz CT molecular complexity index is 946. The summed E-state index contributed by atoms with van der Waals surface area (Å²) in [7, 11) is 1.50. The molecule has 0 saturated heterocycles. The summed E-state index contributed by atoms with van der Waals surface area (Å²) in [5.41, 5.74) is 5.25. The van der Waals surface area contributed by atoms with Crippen LogP contribution in [0.1, 0.15) is 37.2 Å². The van der Waals surface area contributed by atoms with Gasteiger partial charge < -0.3 is 15.0 Å². The van der Waals surface area contributed by atoms with Gasteiger partial charge in [0.1, 0.15) is 11.5 Å². The number of halogens is 1. The lowest BCUT2D eigenvalue weighted by Gasteiger charge is -2.24. The number of aromatic nitrogens is 3. The molecule has 10 heteroatoms. The van der Waals surface area contributed by atoms with E-state index in [0.29, 0.717) is 25.2 Å². The van der Waals surface area contributed by atoms with Crippen LogP contribution < -0.4 is 21.9 Å². The summed E-state index contributed by atoms with van der Waals surface area (Å²) >= 11 is 3.37. The Morgan fingerprint density at radius 2 is 2.07 bits per heavy atom. The van der Waals surface area contributed by atoms with Gasteiger partial charge in [0.2, 0.25) is 0 Å². The van der Waals surface area contributed by atoms with Crippen molar-refractivity contribution in [3.8, 4) is 0 Å². The first kappa shape index (κ1) is 22.0. The van der Waals surface area contributed by atoms with Gasteiger partial charge in [-0.1, -0.05) is 13.3 Å². The standard InChI is InChI=1S/C18H26BrN5O4/c1-4-6-7-24-15(20)14(16(25)21-18(24)27)23(8-9-28-3)17(26)13-10-12(19)11-22(13)5-2/h10-11H,4-9,20H2,1-3H3,(H,21,25,27). The van der Waals surface area contributed by atoms with Gasteiger partial charge in [-0.2, -0.15) is 0 Å². The average molecular weight is 456 g/mol. The number of H-pyrrole nitrogens is 1. The van der Waals surface area contributed by atoms with E-state index in [1.807, 2.05) is 13.8 Å². The molecule has 1 amide bonds. The number of carbonyl (C=O) groups excluding carboxylic acids is 1. The molecule has 28 heavy (non-hydrogen) atoms. The van der Waals surface area contributed by atoms with Gasteiger partial charge in [-0.05, 0) is 35.3 Å². The number of amides is 1. The van der Waals surface area contributed by atoms with Crippen LogP contribution in [0, 0.1) is 0 Å². The lowest BCUT2D eigenvalue weighted by molar-refractivity contribution is 0.0966. The Balaban J connectivity index is 2.61. The Morgan fingerprint density at radius 1 is 1.36 bits per heavy atom. The Labute approximate surface area is 171 Å². The molecule has 0 bridgehead atoms. The molecule has 0 aliphatic rings. The van der Waals surface area contributed by atoms with Crippen LogP contribution in [0.4, 0.5) is 11.5 Å². The molecule has 0 aliphatic heterocycles. The van der Waals surface area contributed by atoms with Crippen molar-refractivity contribution < 1.29 is 9.53 Å². The first-order chi connectivity index (χ1) is 13.3. The van der Waals surface area contributed by atoms with E-state index in [9.17, 15) is 14.4 Å². The van der Waals surface area contributed by atoms with Crippen molar-refractivity contribution in [2.75, 3.05) is 30.9 Å². The van der Waals surface area contributed by atoms with E-state index in [1.165, 1.54) is 16.6 Å². The second-order valence-electron chi connectivity index (χ2n) is 6.28. The minimum atomic E-state index is -0.701. The van der Waals surface area contributed by atoms with Crippen molar-refractivity contribution in [1.82, 2.24) is 14.1 Å². The third-order valence-electron chi connectivity index (χ3n) is 4.41. The van der Waals surface area contributed by atoms with Gasteiger partial charge in [0.05, 0.1) is 6.61 Å². The number of methoxy groups -OCH3 is 1. The summed E-state index contributed by atoms with van der Waals surface area (Å²) < 4.78 is 8.92. The lowest BCUT2D eigenvalue weighted by atomic mass is 10.3. The van der Waals surface area contributed by atoms with Crippen LogP contribution in [-0.2, 0) is 17.8 Å². The van der Waals surface area contributed by atoms with E-state index in [4.69, 9.17) is 10.5 Å². The number of nitrogens with two attached hydrogens (primary N) is 1. The molecule has 0 fully saturated rings. The number of unbranched alkanes of at least 4 members (excludes halogenated alkanes) is 1. The monoisotopic (exact) mass is 455 g/mol. The number of rotatable bonds is 9. The van der Waals surface area contributed by atoms with Crippen LogP contribution in [0.15, 0.2) is 26.3 Å². The zero-order chi connectivity index (χ0) is 20.8. The zero-order valence-electron chi connectivity index (χ0n) is 16.3. The van der Waals surface area contributed by atoms with Crippen molar-refractivity contribution in [3.05, 3.63) is 43.3 Å². The highest BCUT2D eigenvalue weighted by atomic mass is 79.9. The maximum atomic E-state index is 13.3. The van der Waals surface area contributed by atoms with Crippen LogP contribution in [0.3, 0.4) is 0 Å². The highest BCUT2D eigenvalue weighted by molar-refractivity contribution is 9.10. The van der Waals surface area contributed by atoms with Crippen molar-refractivity contribution in [3.63, 3.8) is 0 Å². The summed E-state index contributed by atoms with van der Waals surface area (Å²) in [4.78, 5) is 41.6. The van der Waals surface area contributed by atoms with Gasteiger partial charge >= 0.3 is 5.69 Å². The number of aromatic amines is 1. The van der Waals surface area contributed by atoms with E-state index < -0.39 is 17.2 Å². The van der Waals surface area contributed by atoms with Crippen LogP contribution >= 0.6 is 15.9 Å². The van der Waals surface area contributed by atoms with E-state index in [1.54, 1.807) is 16.8 Å². The van der Waals surface area contributed by atoms with E-state index in [0.717, 1.165) is 10.9 Å². The van der Waals surface area contributed by atoms with Crippen LogP contribution in [0.2, 0.25) is 0 Å². The predicted octanol–water partition coefficient (Wildman–Crippen LogP) is 1.80. The van der Waals surface area contributed by atoms with Crippen molar-refractivity contribution >= 4 is 33.3 Å². The number of nitrogen functional groups attached to an aromatic ring is 1. The fourth-order valence-electron chi connectivity index (χ4n) is 2.93. The summed E-state index contributed by atoms with van der Waals surface area (Å²) in [5, 5.41) is 0. The Kier molecular flexibility index (Phi) is 7.64. The SMILES string of the molecule is CCCCn1c(N)c(N(CCOC)C(=O)c2cc(Br)cn2CC)c(=O)[nH]c1=O. The number of hydrogen-bond acceptors (Lipinski definition) is 5. The molecule has 0 radical (unpaired) electrons. The van der Waals surface area contributed by atoms with Gasteiger partial charge in [0.15, 0.2) is 5.69 Å². The maximum Gasteiger partial charge on any atom is 0.330 e. The van der Waals surface area contributed by atoms with Crippen LogP contribution in [-0.4, -0.2) is 40.3 Å². The largest absolute Gasteiger partial charge is 0.383 e. The molecular weight excluding hydrogens is 430 g/mol. The molecule has 0 atom stereocenters. The number of ether oxygens (including phenoxy) is 1. The van der Waals surface area contributed by atoms with Crippen molar-refractivity contribution in [1.29, 1.82) is 0 Å². The lowest BCUT2D eigenvalue weighted by Crippen LogP contribution is -2.43. The van der Waals surface area contributed by atoms with Crippen LogP contribution in [0.25, 0.3) is 0 Å². The van der Waals surface area contributed by atoms with Crippen molar-refractivity contribution in [2.24, 2.45) is 0 Å². The maximum absolute atomic E-state index is 13.3. The first-order valence-electron chi connectivity index (χ1n) is 9.14.